The molecule has 9 heteroatoms. The van der Waals surface area contributed by atoms with Gasteiger partial charge in [0.2, 0.25) is 0 Å². The van der Waals surface area contributed by atoms with Gasteiger partial charge in [0.15, 0.2) is 5.16 Å². The standard InChI is InChI=1S/C28H30FN3O4S/c29-21-5-1-4-20(16-21)19-37-28-30-26-8-7-23(35-15-3-11-31-12-9-22(33)10-13-31)17-25(26)27(34)32(28)18-24-6-2-14-36-24/h1-2,4-8,14,16-17,22,33H,3,9-13,15,18-19H2. The topological polar surface area (TPSA) is 80.7 Å². The fraction of sp³-hybridized carbons (Fsp3) is 0.357. The van der Waals surface area contributed by atoms with Crippen LogP contribution in [0.5, 0.6) is 5.75 Å². The molecule has 4 aromatic rings. The van der Waals surface area contributed by atoms with Gasteiger partial charge in [-0.1, -0.05) is 23.9 Å². The normalized spacial score (nSPS) is 14.9. The van der Waals surface area contributed by atoms with E-state index >= 15 is 0 Å². The van der Waals surface area contributed by atoms with Crippen LogP contribution in [0.2, 0.25) is 0 Å². The zero-order valence-electron chi connectivity index (χ0n) is 20.5. The SMILES string of the molecule is O=c1c2cc(OCCCN3CCC(O)CC3)ccc2nc(SCc2cccc(F)c2)n1Cc1ccco1. The Hall–Kier alpha value is -3.14. The molecule has 2 aromatic carbocycles. The molecule has 1 aliphatic heterocycles. The minimum absolute atomic E-state index is 0.171. The highest BCUT2D eigenvalue weighted by molar-refractivity contribution is 7.98. The maximum atomic E-state index is 13.6. The molecule has 0 bridgehead atoms. The number of nitrogens with zero attached hydrogens (tertiary/aromatic N) is 3. The van der Waals surface area contributed by atoms with Crippen LogP contribution in [0.3, 0.4) is 0 Å². The summed E-state index contributed by atoms with van der Waals surface area (Å²) < 4.78 is 26.7. The summed E-state index contributed by atoms with van der Waals surface area (Å²) in [5.41, 5.74) is 1.22. The van der Waals surface area contributed by atoms with Gasteiger partial charge in [0.05, 0.1) is 36.4 Å². The van der Waals surface area contributed by atoms with Crippen LogP contribution in [-0.4, -0.2) is 51.9 Å². The zero-order chi connectivity index (χ0) is 25.6. The number of thioether (sulfide) groups is 1. The molecule has 0 unspecified atom stereocenters. The molecule has 1 aliphatic rings. The number of aliphatic hydroxyl groups excluding tert-OH is 1. The van der Waals surface area contributed by atoms with Crippen molar-refractivity contribution in [3.05, 3.63) is 88.4 Å². The smallest absolute Gasteiger partial charge is 0.262 e. The summed E-state index contributed by atoms with van der Waals surface area (Å²) in [6.45, 7) is 3.54. The first-order valence-corrected chi connectivity index (χ1v) is 13.5. The van der Waals surface area contributed by atoms with Crippen molar-refractivity contribution in [3.8, 4) is 5.75 Å². The molecule has 3 heterocycles. The van der Waals surface area contributed by atoms with Crippen LogP contribution in [0.1, 0.15) is 30.6 Å². The molecule has 0 radical (unpaired) electrons. The quantitative estimate of drug-likeness (QED) is 0.183. The molecule has 0 amide bonds. The Morgan fingerprint density at radius 1 is 1.14 bits per heavy atom. The van der Waals surface area contributed by atoms with Crippen LogP contribution in [0.25, 0.3) is 10.9 Å². The summed E-state index contributed by atoms with van der Waals surface area (Å²) in [6.07, 6.45) is 3.92. The van der Waals surface area contributed by atoms with E-state index in [2.05, 4.69) is 4.90 Å². The Labute approximate surface area is 218 Å². The van der Waals surface area contributed by atoms with Gasteiger partial charge in [0.25, 0.3) is 5.56 Å². The van der Waals surface area contributed by atoms with Gasteiger partial charge >= 0.3 is 0 Å². The summed E-state index contributed by atoms with van der Waals surface area (Å²) in [5.74, 6) is 1.46. The number of benzene rings is 2. The Bertz CT molecular complexity index is 1380. The number of hydrogen-bond donors (Lipinski definition) is 1. The van der Waals surface area contributed by atoms with Crippen molar-refractivity contribution < 1.29 is 18.7 Å². The monoisotopic (exact) mass is 523 g/mol. The number of piperidine rings is 1. The van der Waals surface area contributed by atoms with Crippen molar-refractivity contribution in [2.75, 3.05) is 26.2 Å². The average molecular weight is 524 g/mol. The predicted molar refractivity (Wildman–Crippen MR) is 142 cm³/mol. The van der Waals surface area contributed by atoms with Crippen molar-refractivity contribution in [2.45, 2.75) is 42.8 Å². The fourth-order valence-electron chi connectivity index (χ4n) is 4.47. The highest BCUT2D eigenvalue weighted by Gasteiger charge is 2.17. The Morgan fingerprint density at radius 2 is 2.00 bits per heavy atom. The van der Waals surface area contributed by atoms with E-state index in [0.717, 1.165) is 44.5 Å². The molecule has 37 heavy (non-hydrogen) atoms. The largest absolute Gasteiger partial charge is 0.494 e. The zero-order valence-corrected chi connectivity index (χ0v) is 21.3. The summed E-state index contributed by atoms with van der Waals surface area (Å²) in [5, 5.41) is 10.7. The van der Waals surface area contributed by atoms with E-state index in [1.807, 2.05) is 24.3 Å². The molecule has 1 N–H and O–H groups in total. The number of aromatic nitrogens is 2. The van der Waals surface area contributed by atoms with Crippen LogP contribution in [0.4, 0.5) is 4.39 Å². The number of furan rings is 1. The predicted octanol–water partition coefficient (Wildman–Crippen LogP) is 4.69. The third-order valence-electron chi connectivity index (χ3n) is 6.49. The lowest BCUT2D eigenvalue weighted by Crippen LogP contribution is -2.36. The first-order chi connectivity index (χ1) is 18.0. The highest BCUT2D eigenvalue weighted by Crippen LogP contribution is 2.25. The summed E-state index contributed by atoms with van der Waals surface area (Å²) in [4.78, 5) is 20.7. The Balaban J connectivity index is 1.32. The Morgan fingerprint density at radius 3 is 2.78 bits per heavy atom. The molecule has 0 saturated carbocycles. The highest BCUT2D eigenvalue weighted by atomic mass is 32.2. The molecule has 0 atom stereocenters. The number of hydrogen-bond acceptors (Lipinski definition) is 7. The lowest BCUT2D eigenvalue weighted by Gasteiger charge is -2.29. The van der Waals surface area contributed by atoms with Gasteiger partial charge in [0, 0.05) is 25.4 Å². The van der Waals surface area contributed by atoms with E-state index in [1.165, 1.54) is 23.9 Å². The first-order valence-electron chi connectivity index (χ1n) is 12.5. The van der Waals surface area contributed by atoms with Gasteiger partial charge in [-0.15, -0.1) is 0 Å². The third kappa shape index (κ3) is 6.60. The second-order valence-corrected chi connectivity index (χ2v) is 10.2. The van der Waals surface area contributed by atoms with Gasteiger partial charge in [-0.25, -0.2) is 9.37 Å². The van der Waals surface area contributed by atoms with E-state index in [0.29, 0.717) is 39.9 Å². The molecule has 194 valence electrons. The molecule has 0 spiro atoms. The number of fused-ring (bicyclic) bond motifs is 1. The van der Waals surface area contributed by atoms with E-state index in [-0.39, 0.29) is 24.0 Å². The molecule has 1 saturated heterocycles. The van der Waals surface area contributed by atoms with E-state index in [1.54, 1.807) is 29.0 Å². The van der Waals surface area contributed by atoms with Crippen molar-refractivity contribution in [1.29, 1.82) is 0 Å². The van der Waals surface area contributed by atoms with Crippen LogP contribution in [-0.2, 0) is 12.3 Å². The number of aliphatic hydroxyl groups is 1. The average Bonchev–Trinajstić information content (AvgIpc) is 3.42. The van der Waals surface area contributed by atoms with Crippen LogP contribution in [0, 0.1) is 5.82 Å². The first kappa shape index (κ1) is 25.5. The van der Waals surface area contributed by atoms with Gasteiger partial charge in [-0.05, 0) is 67.3 Å². The second kappa shape index (κ2) is 11.9. The minimum Gasteiger partial charge on any atom is -0.494 e. The number of rotatable bonds is 10. The lowest BCUT2D eigenvalue weighted by atomic mass is 10.1. The van der Waals surface area contributed by atoms with Crippen molar-refractivity contribution in [1.82, 2.24) is 14.5 Å². The van der Waals surface area contributed by atoms with Crippen molar-refractivity contribution in [2.24, 2.45) is 0 Å². The molecular formula is C28H30FN3O4S. The van der Waals surface area contributed by atoms with Crippen LogP contribution in [0.15, 0.2) is 75.2 Å². The van der Waals surface area contributed by atoms with Gasteiger partial charge < -0.3 is 19.2 Å². The van der Waals surface area contributed by atoms with Gasteiger partial charge in [0.1, 0.15) is 17.3 Å². The Kier molecular flexibility index (Phi) is 8.23. The summed E-state index contributed by atoms with van der Waals surface area (Å²) >= 11 is 1.39. The van der Waals surface area contributed by atoms with Gasteiger partial charge in [-0.3, -0.25) is 9.36 Å². The molecule has 2 aromatic heterocycles. The summed E-state index contributed by atoms with van der Waals surface area (Å²) in [7, 11) is 0. The summed E-state index contributed by atoms with van der Waals surface area (Å²) in [6, 6.07) is 15.4. The van der Waals surface area contributed by atoms with E-state index < -0.39 is 0 Å². The number of likely N-dealkylation sites (tertiary alicyclic amines) is 1. The molecule has 5 rings (SSSR count). The maximum Gasteiger partial charge on any atom is 0.262 e. The van der Waals surface area contributed by atoms with Crippen molar-refractivity contribution >= 4 is 22.7 Å². The molecule has 1 fully saturated rings. The molecule has 7 nitrogen and oxygen atoms in total. The van der Waals surface area contributed by atoms with Gasteiger partial charge in [-0.2, -0.15) is 0 Å². The lowest BCUT2D eigenvalue weighted by molar-refractivity contribution is 0.0800. The molecular weight excluding hydrogens is 493 g/mol. The van der Waals surface area contributed by atoms with Crippen molar-refractivity contribution in [3.63, 3.8) is 0 Å². The third-order valence-corrected chi connectivity index (χ3v) is 7.53. The van der Waals surface area contributed by atoms with E-state index in [4.69, 9.17) is 14.1 Å². The minimum atomic E-state index is -0.292. The number of halogens is 1. The number of ether oxygens (including phenoxy) is 1. The maximum absolute atomic E-state index is 13.6. The second-order valence-electron chi connectivity index (χ2n) is 9.24. The van der Waals surface area contributed by atoms with E-state index in [9.17, 15) is 14.3 Å². The van der Waals surface area contributed by atoms with Crippen LogP contribution >= 0.6 is 11.8 Å². The molecule has 0 aliphatic carbocycles. The van der Waals surface area contributed by atoms with Crippen LogP contribution < -0.4 is 10.3 Å². The fourth-order valence-corrected chi connectivity index (χ4v) is 5.41.